The summed E-state index contributed by atoms with van der Waals surface area (Å²) in [5.41, 5.74) is 0.955. The topological polar surface area (TPSA) is 41.1 Å². The first-order valence-electron chi connectivity index (χ1n) is 6.41. The van der Waals surface area contributed by atoms with Crippen LogP contribution in [0.3, 0.4) is 0 Å². The van der Waals surface area contributed by atoms with E-state index in [0.717, 1.165) is 24.9 Å². The minimum atomic E-state index is -0.0590. The standard InChI is InChI=1S/C14H19ClN2O/c1-10-6-7-16-13(8-10)14(18)17-9-11-4-2-3-5-12(11)15/h2-5,10,13,16H,6-9H2,1H3,(H,17,18). The van der Waals surface area contributed by atoms with E-state index in [2.05, 4.69) is 17.6 Å². The molecule has 0 saturated carbocycles. The van der Waals surface area contributed by atoms with Gasteiger partial charge in [-0.15, -0.1) is 0 Å². The lowest BCUT2D eigenvalue weighted by molar-refractivity contribution is -0.124. The van der Waals surface area contributed by atoms with Gasteiger partial charge < -0.3 is 10.6 Å². The molecule has 1 saturated heterocycles. The molecule has 4 heteroatoms. The van der Waals surface area contributed by atoms with Crippen molar-refractivity contribution in [1.29, 1.82) is 0 Å². The van der Waals surface area contributed by atoms with E-state index in [-0.39, 0.29) is 11.9 Å². The van der Waals surface area contributed by atoms with Crippen LogP contribution in [-0.4, -0.2) is 18.5 Å². The van der Waals surface area contributed by atoms with Gasteiger partial charge in [0, 0.05) is 11.6 Å². The minimum Gasteiger partial charge on any atom is -0.351 e. The Labute approximate surface area is 113 Å². The molecule has 1 amide bonds. The number of halogens is 1. The van der Waals surface area contributed by atoms with E-state index >= 15 is 0 Å². The second-order valence-corrected chi connectivity index (χ2v) is 5.35. The normalized spacial score (nSPS) is 23.7. The molecule has 2 unspecified atom stereocenters. The number of rotatable bonds is 3. The van der Waals surface area contributed by atoms with Gasteiger partial charge in [-0.05, 0) is 36.9 Å². The zero-order chi connectivity index (χ0) is 13.0. The lowest BCUT2D eigenvalue weighted by Crippen LogP contribution is -2.48. The SMILES string of the molecule is CC1CCNC(C(=O)NCc2ccccc2Cl)C1. The molecule has 0 spiro atoms. The third kappa shape index (κ3) is 3.47. The zero-order valence-corrected chi connectivity index (χ0v) is 11.3. The van der Waals surface area contributed by atoms with E-state index in [1.165, 1.54) is 0 Å². The predicted molar refractivity (Wildman–Crippen MR) is 73.5 cm³/mol. The maximum Gasteiger partial charge on any atom is 0.237 e. The van der Waals surface area contributed by atoms with E-state index in [0.29, 0.717) is 17.5 Å². The number of piperidine rings is 1. The summed E-state index contributed by atoms with van der Waals surface area (Å²) in [7, 11) is 0. The first-order valence-corrected chi connectivity index (χ1v) is 6.79. The number of hydrogen-bond donors (Lipinski definition) is 2. The van der Waals surface area contributed by atoms with Crippen LogP contribution in [0.5, 0.6) is 0 Å². The highest BCUT2D eigenvalue weighted by molar-refractivity contribution is 6.31. The van der Waals surface area contributed by atoms with Crippen LogP contribution in [0.2, 0.25) is 5.02 Å². The minimum absolute atomic E-state index is 0.0590. The average Bonchev–Trinajstić information content (AvgIpc) is 2.37. The number of benzene rings is 1. The number of carbonyl (C=O) groups is 1. The monoisotopic (exact) mass is 266 g/mol. The van der Waals surface area contributed by atoms with Crippen molar-refractivity contribution in [3.8, 4) is 0 Å². The second kappa shape index (κ2) is 6.21. The van der Waals surface area contributed by atoms with Crippen molar-refractivity contribution in [3.63, 3.8) is 0 Å². The van der Waals surface area contributed by atoms with Gasteiger partial charge in [0.25, 0.3) is 0 Å². The lowest BCUT2D eigenvalue weighted by Gasteiger charge is -2.27. The number of amides is 1. The Morgan fingerprint density at radius 2 is 2.28 bits per heavy atom. The summed E-state index contributed by atoms with van der Waals surface area (Å²) in [6, 6.07) is 7.52. The van der Waals surface area contributed by atoms with E-state index in [9.17, 15) is 4.79 Å². The summed E-state index contributed by atoms with van der Waals surface area (Å²) < 4.78 is 0. The van der Waals surface area contributed by atoms with Gasteiger partial charge in [0.15, 0.2) is 0 Å². The summed E-state index contributed by atoms with van der Waals surface area (Å²) in [4.78, 5) is 12.0. The van der Waals surface area contributed by atoms with Crippen molar-refractivity contribution in [1.82, 2.24) is 10.6 Å². The van der Waals surface area contributed by atoms with Gasteiger partial charge in [0.05, 0.1) is 6.04 Å². The molecule has 3 nitrogen and oxygen atoms in total. The van der Waals surface area contributed by atoms with Gasteiger partial charge in [-0.3, -0.25) is 4.79 Å². The first-order chi connectivity index (χ1) is 8.66. The zero-order valence-electron chi connectivity index (χ0n) is 10.6. The molecule has 18 heavy (non-hydrogen) atoms. The van der Waals surface area contributed by atoms with Crippen LogP contribution in [0.1, 0.15) is 25.3 Å². The summed E-state index contributed by atoms with van der Waals surface area (Å²) in [6.45, 7) is 3.60. The Morgan fingerprint density at radius 1 is 1.50 bits per heavy atom. The molecule has 1 aliphatic rings. The second-order valence-electron chi connectivity index (χ2n) is 4.95. The van der Waals surface area contributed by atoms with Crippen molar-refractivity contribution in [2.75, 3.05) is 6.54 Å². The molecule has 0 bridgehead atoms. The maximum absolute atomic E-state index is 12.0. The highest BCUT2D eigenvalue weighted by Gasteiger charge is 2.24. The molecule has 1 aliphatic heterocycles. The van der Waals surface area contributed by atoms with E-state index in [1.54, 1.807) is 0 Å². The molecule has 98 valence electrons. The molecule has 0 aliphatic carbocycles. The number of hydrogen-bond acceptors (Lipinski definition) is 2. The molecule has 1 aromatic carbocycles. The van der Waals surface area contributed by atoms with Crippen LogP contribution >= 0.6 is 11.6 Å². The van der Waals surface area contributed by atoms with Gasteiger partial charge in [-0.1, -0.05) is 36.7 Å². The third-order valence-electron chi connectivity index (χ3n) is 3.39. The van der Waals surface area contributed by atoms with E-state index in [1.807, 2.05) is 24.3 Å². The van der Waals surface area contributed by atoms with Crippen LogP contribution in [0.15, 0.2) is 24.3 Å². The van der Waals surface area contributed by atoms with Crippen LogP contribution in [0.25, 0.3) is 0 Å². The molecule has 1 heterocycles. The summed E-state index contributed by atoms with van der Waals surface area (Å²) in [6.07, 6.45) is 2.06. The number of nitrogens with one attached hydrogen (secondary N) is 2. The molecule has 2 N–H and O–H groups in total. The fourth-order valence-electron chi connectivity index (χ4n) is 2.25. The molecular weight excluding hydrogens is 248 g/mol. The molecule has 0 aromatic heterocycles. The van der Waals surface area contributed by atoms with Gasteiger partial charge in [-0.25, -0.2) is 0 Å². The molecule has 0 radical (unpaired) electrons. The molecule has 1 aromatic rings. The summed E-state index contributed by atoms with van der Waals surface area (Å²) >= 11 is 6.05. The van der Waals surface area contributed by atoms with Crippen LogP contribution in [-0.2, 0) is 11.3 Å². The van der Waals surface area contributed by atoms with E-state index in [4.69, 9.17) is 11.6 Å². The fourth-order valence-corrected chi connectivity index (χ4v) is 2.46. The maximum atomic E-state index is 12.0. The van der Waals surface area contributed by atoms with Crippen molar-refractivity contribution < 1.29 is 4.79 Å². The third-order valence-corrected chi connectivity index (χ3v) is 3.76. The van der Waals surface area contributed by atoms with Crippen molar-refractivity contribution in [2.24, 2.45) is 5.92 Å². The average molecular weight is 267 g/mol. The fraction of sp³-hybridized carbons (Fsp3) is 0.500. The van der Waals surface area contributed by atoms with Crippen LogP contribution in [0.4, 0.5) is 0 Å². The highest BCUT2D eigenvalue weighted by atomic mass is 35.5. The smallest absolute Gasteiger partial charge is 0.237 e. The molecule has 1 fully saturated rings. The van der Waals surface area contributed by atoms with Crippen LogP contribution in [0, 0.1) is 5.92 Å². The quantitative estimate of drug-likeness (QED) is 0.882. The van der Waals surface area contributed by atoms with Gasteiger partial charge in [0.1, 0.15) is 0 Å². The number of carbonyl (C=O) groups excluding carboxylic acids is 1. The lowest BCUT2D eigenvalue weighted by atomic mass is 9.94. The Hall–Kier alpha value is -1.06. The molecule has 2 atom stereocenters. The van der Waals surface area contributed by atoms with Crippen molar-refractivity contribution in [2.45, 2.75) is 32.4 Å². The Morgan fingerprint density at radius 3 is 3.00 bits per heavy atom. The van der Waals surface area contributed by atoms with Crippen LogP contribution < -0.4 is 10.6 Å². The van der Waals surface area contributed by atoms with Gasteiger partial charge >= 0.3 is 0 Å². The highest BCUT2D eigenvalue weighted by Crippen LogP contribution is 2.16. The van der Waals surface area contributed by atoms with Gasteiger partial charge in [-0.2, -0.15) is 0 Å². The molecule has 2 rings (SSSR count). The predicted octanol–water partition coefficient (Wildman–Crippen LogP) is 2.34. The largest absolute Gasteiger partial charge is 0.351 e. The Balaban J connectivity index is 1.86. The first kappa shape index (κ1) is 13.4. The summed E-state index contributed by atoms with van der Waals surface area (Å²) in [5.74, 6) is 0.684. The molecular formula is C14H19ClN2O. The Kier molecular flexibility index (Phi) is 4.61. The summed E-state index contributed by atoms with van der Waals surface area (Å²) in [5, 5.41) is 6.90. The Bertz CT molecular complexity index is 422. The van der Waals surface area contributed by atoms with Gasteiger partial charge in [0.2, 0.25) is 5.91 Å². The van der Waals surface area contributed by atoms with E-state index < -0.39 is 0 Å². The van der Waals surface area contributed by atoms with Crippen molar-refractivity contribution in [3.05, 3.63) is 34.9 Å². The van der Waals surface area contributed by atoms with Crippen molar-refractivity contribution >= 4 is 17.5 Å².